The standard InChI is InChI=1S/C19H16ClFN4O/c1-12-19(26-17-7-14(9-22)6-15(20)8-17)18(25-24-12)11-23-10-13-2-4-16(21)5-3-13/h2-8,23H,10-11H2,1H3,(H,24,25). The lowest BCUT2D eigenvalue weighted by atomic mass is 10.2. The summed E-state index contributed by atoms with van der Waals surface area (Å²) in [6, 6.07) is 13.2. The number of hydrogen-bond donors (Lipinski definition) is 2. The molecule has 1 aromatic heterocycles. The molecule has 132 valence electrons. The van der Waals surface area contributed by atoms with Gasteiger partial charge in [-0.2, -0.15) is 10.4 Å². The van der Waals surface area contributed by atoms with Crippen molar-refractivity contribution in [2.75, 3.05) is 0 Å². The Hall–Kier alpha value is -2.88. The van der Waals surface area contributed by atoms with Gasteiger partial charge in [-0.05, 0) is 42.8 Å². The topological polar surface area (TPSA) is 73.7 Å². The van der Waals surface area contributed by atoms with Crippen LogP contribution in [0, 0.1) is 24.1 Å². The molecule has 0 fully saturated rings. The molecule has 0 aliphatic rings. The van der Waals surface area contributed by atoms with E-state index < -0.39 is 0 Å². The van der Waals surface area contributed by atoms with E-state index in [1.54, 1.807) is 30.3 Å². The Morgan fingerprint density at radius 1 is 1.23 bits per heavy atom. The molecule has 0 atom stereocenters. The van der Waals surface area contributed by atoms with Crippen LogP contribution in [0.2, 0.25) is 5.02 Å². The maximum Gasteiger partial charge on any atom is 0.172 e. The molecule has 26 heavy (non-hydrogen) atoms. The summed E-state index contributed by atoms with van der Waals surface area (Å²) in [5.74, 6) is 0.799. The van der Waals surface area contributed by atoms with E-state index in [0.717, 1.165) is 11.3 Å². The van der Waals surface area contributed by atoms with Crippen molar-refractivity contribution in [3.63, 3.8) is 0 Å². The number of H-pyrrole nitrogens is 1. The molecule has 0 aliphatic heterocycles. The first-order valence-electron chi connectivity index (χ1n) is 7.92. The molecule has 0 aliphatic carbocycles. The van der Waals surface area contributed by atoms with Crippen molar-refractivity contribution in [1.82, 2.24) is 15.5 Å². The molecular weight excluding hydrogens is 355 g/mol. The van der Waals surface area contributed by atoms with Gasteiger partial charge in [0.15, 0.2) is 5.75 Å². The van der Waals surface area contributed by atoms with Gasteiger partial charge in [-0.25, -0.2) is 4.39 Å². The first-order chi connectivity index (χ1) is 12.5. The highest BCUT2D eigenvalue weighted by atomic mass is 35.5. The van der Waals surface area contributed by atoms with Crippen molar-refractivity contribution < 1.29 is 9.13 Å². The molecule has 2 aromatic carbocycles. The van der Waals surface area contributed by atoms with Crippen LogP contribution in [0.1, 0.15) is 22.5 Å². The molecule has 0 spiro atoms. The Morgan fingerprint density at radius 3 is 2.73 bits per heavy atom. The third kappa shape index (κ3) is 4.39. The predicted molar refractivity (Wildman–Crippen MR) is 96.5 cm³/mol. The lowest BCUT2D eigenvalue weighted by Crippen LogP contribution is -2.13. The molecular formula is C19H16ClFN4O. The van der Waals surface area contributed by atoms with Gasteiger partial charge in [0.1, 0.15) is 17.3 Å². The lowest BCUT2D eigenvalue weighted by molar-refractivity contribution is 0.469. The Kier molecular flexibility index (Phi) is 5.52. The Bertz CT molecular complexity index is 947. The molecule has 5 nitrogen and oxygen atoms in total. The summed E-state index contributed by atoms with van der Waals surface area (Å²) in [4.78, 5) is 0. The van der Waals surface area contributed by atoms with Gasteiger partial charge in [0.05, 0.1) is 17.3 Å². The zero-order chi connectivity index (χ0) is 18.5. The molecule has 1 heterocycles. The first kappa shape index (κ1) is 17.9. The number of nitrogens with one attached hydrogen (secondary N) is 2. The van der Waals surface area contributed by atoms with Crippen molar-refractivity contribution in [3.05, 3.63) is 75.8 Å². The molecule has 3 aromatic rings. The summed E-state index contributed by atoms with van der Waals surface area (Å²) in [5, 5.41) is 19.8. The number of ether oxygens (including phenoxy) is 1. The summed E-state index contributed by atoms with van der Waals surface area (Å²) in [7, 11) is 0. The van der Waals surface area contributed by atoms with Gasteiger partial charge in [0.2, 0.25) is 0 Å². The van der Waals surface area contributed by atoms with Crippen LogP contribution in [0.5, 0.6) is 11.5 Å². The van der Waals surface area contributed by atoms with Crippen LogP contribution in [0.4, 0.5) is 4.39 Å². The summed E-state index contributed by atoms with van der Waals surface area (Å²) in [5.41, 5.74) is 2.86. The molecule has 0 saturated carbocycles. The zero-order valence-corrected chi connectivity index (χ0v) is 14.8. The molecule has 0 radical (unpaired) electrons. The fourth-order valence-electron chi connectivity index (χ4n) is 2.46. The minimum Gasteiger partial charge on any atom is -0.453 e. The number of nitriles is 1. The second-order valence-corrected chi connectivity index (χ2v) is 6.17. The minimum atomic E-state index is -0.258. The monoisotopic (exact) mass is 370 g/mol. The minimum absolute atomic E-state index is 0.258. The lowest BCUT2D eigenvalue weighted by Gasteiger charge is -2.09. The van der Waals surface area contributed by atoms with Crippen LogP contribution in [-0.2, 0) is 13.1 Å². The normalized spacial score (nSPS) is 10.5. The van der Waals surface area contributed by atoms with E-state index >= 15 is 0 Å². The van der Waals surface area contributed by atoms with E-state index in [9.17, 15) is 4.39 Å². The van der Waals surface area contributed by atoms with Gasteiger partial charge in [0.25, 0.3) is 0 Å². The fraction of sp³-hybridized carbons (Fsp3) is 0.158. The number of aromatic nitrogens is 2. The van der Waals surface area contributed by atoms with E-state index in [2.05, 4.69) is 15.5 Å². The highest BCUT2D eigenvalue weighted by Gasteiger charge is 2.13. The van der Waals surface area contributed by atoms with E-state index in [-0.39, 0.29) is 5.82 Å². The van der Waals surface area contributed by atoms with Crippen molar-refractivity contribution in [3.8, 4) is 17.6 Å². The van der Waals surface area contributed by atoms with Crippen LogP contribution < -0.4 is 10.1 Å². The van der Waals surface area contributed by atoms with Gasteiger partial charge >= 0.3 is 0 Å². The number of hydrogen-bond acceptors (Lipinski definition) is 4. The van der Waals surface area contributed by atoms with Crippen molar-refractivity contribution in [2.24, 2.45) is 0 Å². The number of halogens is 2. The van der Waals surface area contributed by atoms with E-state index in [1.807, 2.05) is 13.0 Å². The number of aryl methyl sites for hydroxylation is 1. The second kappa shape index (κ2) is 8.00. The van der Waals surface area contributed by atoms with Crippen molar-refractivity contribution in [1.29, 1.82) is 5.26 Å². The molecule has 3 rings (SSSR count). The Labute approximate surface area is 155 Å². The quantitative estimate of drug-likeness (QED) is 0.671. The highest BCUT2D eigenvalue weighted by molar-refractivity contribution is 6.30. The van der Waals surface area contributed by atoms with Crippen LogP contribution in [0.15, 0.2) is 42.5 Å². The molecule has 0 bridgehead atoms. The molecule has 0 amide bonds. The summed E-state index contributed by atoms with van der Waals surface area (Å²) < 4.78 is 18.8. The van der Waals surface area contributed by atoms with Gasteiger partial charge in [-0.3, -0.25) is 5.10 Å². The number of benzene rings is 2. The average molecular weight is 371 g/mol. The average Bonchev–Trinajstić information content (AvgIpc) is 2.96. The number of nitrogens with zero attached hydrogens (tertiary/aromatic N) is 2. The van der Waals surface area contributed by atoms with Gasteiger partial charge < -0.3 is 10.1 Å². The predicted octanol–water partition coefficient (Wildman–Crippen LogP) is 4.46. The van der Waals surface area contributed by atoms with Crippen LogP contribution in [0.3, 0.4) is 0 Å². The third-order valence-corrected chi connectivity index (χ3v) is 3.94. The smallest absolute Gasteiger partial charge is 0.172 e. The van der Waals surface area contributed by atoms with E-state index in [0.29, 0.717) is 40.9 Å². The summed E-state index contributed by atoms with van der Waals surface area (Å²) >= 11 is 6.02. The first-order valence-corrected chi connectivity index (χ1v) is 8.30. The Balaban J connectivity index is 1.70. The maximum atomic E-state index is 12.9. The molecule has 0 unspecified atom stereocenters. The molecule has 7 heteroatoms. The van der Waals surface area contributed by atoms with E-state index in [4.69, 9.17) is 21.6 Å². The summed E-state index contributed by atoms with van der Waals surface area (Å²) in [6.45, 7) is 2.89. The summed E-state index contributed by atoms with van der Waals surface area (Å²) in [6.07, 6.45) is 0. The third-order valence-electron chi connectivity index (χ3n) is 3.73. The largest absolute Gasteiger partial charge is 0.453 e. The van der Waals surface area contributed by atoms with Crippen molar-refractivity contribution >= 4 is 11.6 Å². The fourth-order valence-corrected chi connectivity index (χ4v) is 2.69. The number of rotatable bonds is 6. The highest BCUT2D eigenvalue weighted by Crippen LogP contribution is 2.30. The van der Waals surface area contributed by atoms with Crippen molar-refractivity contribution in [2.45, 2.75) is 20.0 Å². The zero-order valence-electron chi connectivity index (χ0n) is 14.0. The van der Waals surface area contributed by atoms with Crippen LogP contribution in [0.25, 0.3) is 0 Å². The second-order valence-electron chi connectivity index (χ2n) is 5.74. The van der Waals surface area contributed by atoms with Gasteiger partial charge in [-0.15, -0.1) is 0 Å². The SMILES string of the molecule is Cc1n[nH]c(CNCc2ccc(F)cc2)c1Oc1cc(Cl)cc(C#N)c1. The van der Waals surface area contributed by atoms with Gasteiger partial charge in [-0.1, -0.05) is 23.7 Å². The van der Waals surface area contributed by atoms with E-state index in [1.165, 1.54) is 12.1 Å². The maximum absolute atomic E-state index is 12.9. The van der Waals surface area contributed by atoms with Gasteiger partial charge in [0, 0.05) is 18.1 Å². The van der Waals surface area contributed by atoms with Crippen LogP contribution >= 0.6 is 11.6 Å². The Morgan fingerprint density at radius 2 is 2.00 bits per heavy atom. The van der Waals surface area contributed by atoms with Crippen LogP contribution in [-0.4, -0.2) is 10.2 Å². The molecule has 0 saturated heterocycles. The molecule has 2 N–H and O–H groups in total. The number of aromatic amines is 1.